The first-order valence-corrected chi connectivity index (χ1v) is 3.61. The minimum atomic E-state index is 0.299. The fourth-order valence-electron chi connectivity index (χ4n) is 0.852. The van der Waals surface area contributed by atoms with E-state index in [1.807, 2.05) is 0 Å². The quantitative estimate of drug-likeness (QED) is 0.689. The molecule has 0 aromatic carbocycles. The van der Waals surface area contributed by atoms with Gasteiger partial charge in [-0.05, 0) is 5.16 Å². The summed E-state index contributed by atoms with van der Waals surface area (Å²) in [6.07, 6.45) is 0. The summed E-state index contributed by atoms with van der Waals surface area (Å²) in [6.45, 7) is 1.70. The van der Waals surface area contributed by atoms with Crippen LogP contribution in [0.4, 0.5) is 0 Å². The summed E-state index contributed by atoms with van der Waals surface area (Å²) < 4.78 is 14.8. The molecule has 0 aliphatic heterocycles. The van der Waals surface area contributed by atoms with Gasteiger partial charge in [-0.15, -0.1) is 10.2 Å². The molecule has 0 N–H and O–H groups in total. The fourth-order valence-corrected chi connectivity index (χ4v) is 0.852. The average molecular weight is 181 g/mol. The van der Waals surface area contributed by atoms with Gasteiger partial charge in [-0.1, -0.05) is 0 Å². The molecule has 0 amide bonds. The Morgan fingerprint density at radius 2 is 2.23 bits per heavy atom. The second-order valence-electron chi connectivity index (χ2n) is 2.36. The first-order chi connectivity index (χ1) is 6.29. The summed E-state index contributed by atoms with van der Waals surface area (Å²) in [5, 5.41) is 11.0. The molecule has 0 saturated carbocycles. The van der Waals surface area contributed by atoms with E-state index in [-0.39, 0.29) is 0 Å². The maximum absolute atomic E-state index is 5.12. The largest absolute Gasteiger partial charge is 0.479 e. The molecule has 2 rings (SSSR count). The molecule has 0 radical (unpaired) electrons. The highest BCUT2D eigenvalue weighted by Gasteiger charge is 2.12. The number of hydrogen-bond acceptors (Lipinski definition) is 6. The van der Waals surface area contributed by atoms with Crippen molar-refractivity contribution in [1.29, 1.82) is 0 Å². The zero-order valence-electron chi connectivity index (χ0n) is 7.14. The van der Waals surface area contributed by atoms with Crippen molar-refractivity contribution in [2.24, 2.45) is 0 Å². The minimum absolute atomic E-state index is 0.299. The van der Waals surface area contributed by atoms with Crippen LogP contribution in [0.15, 0.2) is 15.0 Å². The third-order valence-corrected chi connectivity index (χ3v) is 1.43. The van der Waals surface area contributed by atoms with E-state index in [0.717, 1.165) is 0 Å². The smallest absolute Gasteiger partial charge is 0.286 e. The van der Waals surface area contributed by atoms with Crippen LogP contribution in [0, 0.1) is 6.92 Å². The van der Waals surface area contributed by atoms with Crippen molar-refractivity contribution >= 4 is 0 Å². The highest BCUT2D eigenvalue weighted by Crippen LogP contribution is 2.21. The molecule has 2 aromatic heterocycles. The molecule has 0 atom stereocenters. The highest BCUT2D eigenvalue weighted by molar-refractivity contribution is 5.44. The monoisotopic (exact) mass is 181 g/mol. The molecular weight excluding hydrogens is 174 g/mol. The molecule has 0 bridgehead atoms. The average Bonchev–Trinajstić information content (AvgIpc) is 2.71. The van der Waals surface area contributed by atoms with Gasteiger partial charge in [0.25, 0.3) is 11.8 Å². The predicted molar refractivity (Wildman–Crippen MR) is 41.1 cm³/mol. The van der Waals surface area contributed by atoms with Gasteiger partial charge in [0.2, 0.25) is 11.7 Å². The van der Waals surface area contributed by atoms with Crippen molar-refractivity contribution in [2.45, 2.75) is 6.92 Å². The summed E-state index contributed by atoms with van der Waals surface area (Å²) in [7, 11) is 1.50. The van der Waals surface area contributed by atoms with Crippen molar-refractivity contribution in [3.05, 3.63) is 12.0 Å². The summed E-state index contributed by atoms with van der Waals surface area (Å²) in [4.78, 5) is 0. The standard InChI is InChI=1S/C7H7N3O3/c1-4-8-9-7(12-4)5-3-6(11-2)10-13-5/h3H,1-2H3. The van der Waals surface area contributed by atoms with Crippen LogP contribution in [0.2, 0.25) is 0 Å². The van der Waals surface area contributed by atoms with Crippen LogP contribution in [0.3, 0.4) is 0 Å². The number of aromatic nitrogens is 3. The second-order valence-corrected chi connectivity index (χ2v) is 2.36. The number of methoxy groups -OCH3 is 1. The van der Waals surface area contributed by atoms with Crippen molar-refractivity contribution in [2.75, 3.05) is 7.11 Å². The molecule has 2 aromatic rings. The van der Waals surface area contributed by atoms with Crippen LogP contribution < -0.4 is 4.74 Å². The Morgan fingerprint density at radius 3 is 2.77 bits per heavy atom. The Balaban J connectivity index is 2.35. The van der Waals surface area contributed by atoms with Gasteiger partial charge in [-0.25, -0.2) is 0 Å². The summed E-state index contributed by atoms with van der Waals surface area (Å²) in [5.41, 5.74) is 0. The van der Waals surface area contributed by atoms with E-state index in [9.17, 15) is 0 Å². The SMILES string of the molecule is COc1cc(-c2nnc(C)o2)on1. The predicted octanol–water partition coefficient (Wildman–Crippen LogP) is 1.04. The number of ether oxygens (including phenoxy) is 1. The number of hydrogen-bond donors (Lipinski definition) is 0. The number of aryl methyl sites for hydroxylation is 1. The number of rotatable bonds is 2. The van der Waals surface area contributed by atoms with Gasteiger partial charge < -0.3 is 13.7 Å². The molecule has 0 unspecified atom stereocenters. The topological polar surface area (TPSA) is 74.2 Å². The molecule has 2 heterocycles. The van der Waals surface area contributed by atoms with Gasteiger partial charge in [0, 0.05) is 6.92 Å². The van der Waals surface area contributed by atoms with Gasteiger partial charge in [0.15, 0.2) is 0 Å². The maximum Gasteiger partial charge on any atom is 0.286 e. The molecule has 0 aliphatic rings. The van der Waals surface area contributed by atoms with Crippen LogP contribution in [-0.4, -0.2) is 22.5 Å². The Morgan fingerprint density at radius 1 is 1.38 bits per heavy atom. The van der Waals surface area contributed by atoms with E-state index >= 15 is 0 Å². The summed E-state index contributed by atoms with van der Waals surface area (Å²) >= 11 is 0. The molecule has 13 heavy (non-hydrogen) atoms. The Bertz CT molecular complexity index is 407. The van der Waals surface area contributed by atoms with Crippen LogP contribution >= 0.6 is 0 Å². The van der Waals surface area contributed by atoms with Crippen LogP contribution in [0.25, 0.3) is 11.7 Å². The first-order valence-electron chi connectivity index (χ1n) is 3.61. The van der Waals surface area contributed by atoms with Gasteiger partial charge in [-0.2, -0.15) is 0 Å². The van der Waals surface area contributed by atoms with E-state index in [0.29, 0.717) is 23.4 Å². The van der Waals surface area contributed by atoms with Gasteiger partial charge in [0.1, 0.15) is 0 Å². The normalized spacial score (nSPS) is 10.3. The van der Waals surface area contributed by atoms with Gasteiger partial charge >= 0.3 is 0 Å². The molecule has 0 spiro atoms. The van der Waals surface area contributed by atoms with E-state index in [4.69, 9.17) is 13.7 Å². The van der Waals surface area contributed by atoms with E-state index in [2.05, 4.69) is 15.4 Å². The van der Waals surface area contributed by atoms with Crippen molar-refractivity contribution < 1.29 is 13.7 Å². The molecule has 6 nitrogen and oxygen atoms in total. The summed E-state index contributed by atoms with van der Waals surface area (Å²) in [5.74, 6) is 1.56. The van der Waals surface area contributed by atoms with Crippen molar-refractivity contribution in [3.63, 3.8) is 0 Å². The highest BCUT2D eigenvalue weighted by atomic mass is 16.5. The molecular formula is C7H7N3O3. The van der Waals surface area contributed by atoms with Crippen LogP contribution in [0.1, 0.15) is 5.89 Å². The fraction of sp³-hybridized carbons (Fsp3) is 0.286. The molecule has 0 fully saturated rings. The van der Waals surface area contributed by atoms with Crippen LogP contribution in [0.5, 0.6) is 5.88 Å². The summed E-state index contributed by atoms with van der Waals surface area (Å²) in [6, 6.07) is 1.58. The lowest BCUT2D eigenvalue weighted by molar-refractivity contribution is 0.339. The minimum Gasteiger partial charge on any atom is -0.479 e. The first kappa shape index (κ1) is 7.78. The van der Waals surface area contributed by atoms with E-state index < -0.39 is 0 Å². The molecule has 6 heteroatoms. The third-order valence-electron chi connectivity index (χ3n) is 1.43. The molecule has 68 valence electrons. The lowest BCUT2D eigenvalue weighted by atomic mass is 10.4. The maximum atomic E-state index is 5.12. The van der Waals surface area contributed by atoms with Crippen LogP contribution in [-0.2, 0) is 0 Å². The van der Waals surface area contributed by atoms with Gasteiger partial charge in [0.05, 0.1) is 13.2 Å². The Hall–Kier alpha value is -1.85. The van der Waals surface area contributed by atoms with E-state index in [1.165, 1.54) is 7.11 Å². The second kappa shape index (κ2) is 2.89. The Labute approximate surface area is 73.5 Å². The van der Waals surface area contributed by atoms with E-state index in [1.54, 1.807) is 13.0 Å². The lowest BCUT2D eigenvalue weighted by Crippen LogP contribution is -1.78. The molecule has 0 saturated heterocycles. The number of nitrogens with zero attached hydrogens (tertiary/aromatic N) is 3. The Kier molecular flexibility index (Phi) is 1.73. The zero-order chi connectivity index (χ0) is 9.26. The third kappa shape index (κ3) is 1.37. The molecule has 0 aliphatic carbocycles. The zero-order valence-corrected chi connectivity index (χ0v) is 7.14. The van der Waals surface area contributed by atoms with Crippen molar-refractivity contribution in [3.8, 4) is 17.5 Å². The lowest BCUT2D eigenvalue weighted by Gasteiger charge is -1.83. The van der Waals surface area contributed by atoms with Gasteiger partial charge in [-0.3, -0.25) is 0 Å². The van der Waals surface area contributed by atoms with Crippen molar-refractivity contribution in [1.82, 2.24) is 15.4 Å².